The van der Waals surface area contributed by atoms with Gasteiger partial charge in [0.15, 0.2) is 0 Å². The smallest absolute Gasteiger partial charge is 0.240 e. The minimum Gasteiger partial charge on any atom is -0.373 e. The molecule has 0 N–H and O–H groups in total. The number of halogens is 1. The Morgan fingerprint density at radius 3 is 1.80 bits per heavy atom. The molecule has 0 aromatic heterocycles. The highest BCUT2D eigenvalue weighted by molar-refractivity contribution is 6.30. The van der Waals surface area contributed by atoms with Gasteiger partial charge < -0.3 is 4.74 Å². The van der Waals surface area contributed by atoms with Crippen molar-refractivity contribution in [3.05, 3.63) is 53.6 Å². The Labute approximate surface area is 150 Å². The maximum Gasteiger partial charge on any atom is 0.240 e. The van der Waals surface area contributed by atoms with Crippen LogP contribution >= 0.6 is 11.6 Å². The number of rotatable bonds is 2. The Bertz CT molecular complexity index is 834. The molecule has 5 rings (SSSR count). The third-order valence-electron chi connectivity index (χ3n) is 5.59. The number of carbonyl (C=O) groups is 2. The van der Waals surface area contributed by atoms with Gasteiger partial charge in [-0.15, -0.1) is 0 Å². The molecule has 0 aliphatic carbocycles. The van der Waals surface area contributed by atoms with Crippen molar-refractivity contribution >= 4 is 29.1 Å². The van der Waals surface area contributed by atoms with E-state index in [0.717, 1.165) is 24.0 Å². The third kappa shape index (κ3) is 2.17. The zero-order valence-electron chi connectivity index (χ0n) is 13.4. The van der Waals surface area contributed by atoms with Crippen LogP contribution in [0, 0.1) is 11.8 Å². The SMILES string of the molecule is O=C1[C@@H]2[C@H](C(=O)N1c1ccc(-c3ccc(Cl)cc3)cc1)[C@@H]1CC[C@H]2O1. The Balaban J connectivity index is 1.45. The lowest BCUT2D eigenvalue weighted by Gasteiger charge is -2.18. The summed E-state index contributed by atoms with van der Waals surface area (Å²) in [5.41, 5.74) is 2.70. The lowest BCUT2D eigenvalue weighted by molar-refractivity contribution is -0.124. The third-order valence-corrected chi connectivity index (χ3v) is 5.84. The van der Waals surface area contributed by atoms with Crippen molar-refractivity contribution < 1.29 is 14.3 Å². The molecule has 2 amide bonds. The molecule has 5 heteroatoms. The van der Waals surface area contributed by atoms with Gasteiger partial charge in [-0.05, 0) is 48.2 Å². The summed E-state index contributed by atoms with van der Waals surface area (Å²) in [4.78, 5) is 26.9. The Morgan fingerprint density at radius 1 is 0.800 bits per heavy atom. The average molecular weight is 354 g/mol. The van der Waals surface area contributed by atoms with Crippen LogP contribution in [-0.2, 0) is 14.3 Å². The van der Waals surface area contributed by atoms with E-state index >= 15 is 0 Å². The lowest BCUT2D eigenvalue weighted by atomic mass is 9.81. The van der Waals surface area contributed by atoms with Crippen LogP contribution in [0.3, 0.4) is 0 Å². The highest BCUT2D eigenvalue weighted by Crippen LogP contribution is 2.49. The van der Waals surface area contributed by atoms with Crippen LogP contribution in [0.25, 0.3) is 11.1 Å². The van der Waals surface area contributed by atoms with Gasteiger partial charge in [0.05, 0.1) is 29.7 Å². The van der Waals surface area contributed by atoms with E-state index in [9.17, 15) is 9.59 Å². The molecule has 4 nitrogen and oxygen atoms in total. The first kappa shape index (κ1) is 15.1. The molecule has 4 atom stereocenters. The summed E-state index contributed by atoms with van der Waals surface area (Å²) in [7, 11) is 0. The van der Waals surface area contributed by atoms with E-state index in [0.29, 0.717) is 10.7 Å². The second kappa shape index (κ2) is 5.41. The minimum absolute atomic E-state index is 0.0789. The fourth-order valence-electron chi connectivity index (χ4n) is 4.41. The van der Waals surface area contributed by atoms with Crippen molar-refractivity contribution in [3.8, 4) is 11.1 Å². The van der Waals surface area contributed by atoms with E-state index in [1.165, 1.54) is 4.90 Å². The highest BCUT2D eigenvalue weighted by Gasteiger charge is 2.62. The normalized spacial score (nSPS) is 30.2. The summed E-state index contributed by atoms with van der Waals surface area (Å²) >= 11 is 5.93. The number of hydrogen-bond donors (Lipinski definition) is 0. The first-order chi connectivity index (χ1) is 12.1. The van der Waals surface area contributed by atoms with Crippen LogP contribution in [0.4, 0.5) is 5.69 Å². The molecule has 126 valence electrons. The summed E-state index contributed by atoms with van der Waals surface area (Å²) in [5, 5.41) is 0.692. The summed E-state index contributed by atoms with van der Waals surface area (Å²) in [6, 6.07) is 15.1. The molecule has 2 aromatic carbocycles. The van der Waals surface area contributed by atoms with Gasteiger partial charge in [0.2, 0.25) is 11.8 Å². The van der Waals surface area contributed by atoms with Crippen LogP contribution in [0.5, 0.6) is 0 Å². The summed E-state index contributed by atoms with van der Waals surface area (Å²) in [6.07, 6.45) is 1.61. The van der Waals surface area contributed by atoms with Gasteiger partial charge in [-0.2, -0.15) is 0 Å². The molecule has 0 saturated carbocycles. The zero-order chi connectivity index (χ0) is 17.1. The van der Waals surface area contributed by atoms with Crippen molar-refractivity contribution in [2.24, 2.45) is 11.8 Å². The Hall–Kier alpha value is -2.17. The molecule has 3 heterocycles. The fraction of sp³-hybridized carbons (Fsp3) is 0.300. The first-order valence-corrected chi connectivity index (χ1v) is 8.90. The second-order valence-corrected chi connectivity index (χ2v) is 7.34. The molecular weight excluding hydrogens is 338 g/mol. The van der Waals surface area contributed by atoms with Crippen LogP contribution in [-0.4, -0.2) is 24.0 Å². The number of amides is 2. The standard InChI is InChI=1S/C20H16ClNO3/c21-13-5-1-11(2-6-13)12-3-7-14(8-4-12)22-19(23)17-15-9-10-16(25-15)18(17)20(22)24/h1-8,15-18H,9-10H2/t15-,16+,17+,18-. The molecule has 0 radical (unpaired) electrons. The minimum atomic E-state index is -0.290. The number of imide groups is 1. The number of anilines is 1. The van der Waals surface area contributed by atoms with Crippen molar-refractivity contribution in [1.82, 2.24) is 0 Å². The van der Waals surface area contributed by atoms with Gasteiger partial charge in [0.25, 0.3) is 0 Å². The molecule has 3 aliphatic rings. The molecule has 3 fully saturated rings. The quantitative estimate of drug-likeness (QED) is 0.774. The molecule has 2 bridgehead atoms. The van der Waals surface area contributed by atoms with Crippen LogP contribution in [0.1, 0.15) is 12.8 Å². The van der Waals surface area contributed by atoms with Crippen LogP contribution < -0.4 is 4.90 Å². The van der Waals surface area contributed by atoms with Crippen molar-refractivity contribution in [2.45, 2.75) is 25.0 Å². The van der Waals surface area contributed by atoms with Gasteiger partial charge in [-0.25, -0.2) is 4.90 Å². The van der Waals surface area contributed by atoms with E-state index in [1.54, 1.807) is 0 Å². The van der Waals surface area contributed by atoms with E-state index in [1.807, 2.05) is 48.5 Å². The molecular formula is C20H16ClNO3. The fourth-order valence-corrected chi connectivity index (χ4v) is 4.54. The molecule has 0 unspecified atom stereocenters. The van der Waals surface area contributed by atoms with Crippen molar-refractivity contribution in [3.63, 3.8) is 0 Å². The number of fused-ring (bicyclic) bond motifs is 5. The molecule has 3 saturated heterocycles. The lowest BCUT2D eigenvalue weighted by Crippen LogP contribution is -2.34. The maximum absolute atomic E-state index is 12.8. The molecule has 2 aromatic rings. The number of benzene rings is 2. The zero-order valence-corrected chi connectivity index (χ0v) is 14.1. The highest BCUT2D eigenvalue weighted by atomic mass is 35.5. The first-order valence-electron chi connectivity index (χ1n) is 8.53. The number of ether oxygens (including phenoxy) is 1. The van der Waals surface area contributed by atoms with Crippen molar-refractivity contribution in [2.75, 3.05) is 4.90 Å². The molecule has 0 spiro atoms. The topological polar surface area (TPSA) is 46.6 Å². The number of nitrogens with zero attached hydrogens (tertiary/aromatic N) is 1. The molecule has 25 heavy (non-hydrogen) atoms. The summed E-state index contributed by atoms with van der Waals surface area (Å²) in [6.45, 7) is 0. The predicted octanol–water partition coefficient (Wildman–Crippen LogP) is 3.67. The van der Waals surface area contributed by atoms with E-state index in [4.69, 9.17) is 16.3 Å². The van der Waals surface area contributed by atoms with Crippen LogP contribution in [0.2, 0.25) is 5.02 Å². The average Bonchev–Trinajstić information content (AvgIpc) is 3.30. The van der Waals surface area contributed by atoms with Gasteiger partial charge in [0.1, 0.15) is 0 Å². The van der Waals surface area contributed by atoms with Gasteiger partial charge >= 0.3 is 0 Å². The Morgan fingerprint density at radius 2 is 1.28 bits per heavy atom. The molecule has 3 aliphatic heterocycles. The maximum atomic E-state index is 12.8. The Kier molecular flexibility index (Phi) is 3.27. The number of carbonyl (C=O) groups excluding carboxylic acids is 2. The second-order valence-electron chi connectivity index (χ2n) is 6.91. The largest absolute Gasteiger partial charge is 0.373 e. The van der Waals surface area contributed by atoms with Crippen molar-refractivity contribution in [1.29, 1.82) is 0 Å². The van der Waals surface area contributed by atoms with E-state index in [2.05, 4.69) is 0 Å². The van der Waals surface area contributed by atoms with Gasteiger partial charge in [0, 0.05) is 5.02 Å². The summed E-state index contributed by atoms with van der Waals surface area (Å²) in [5.74, 6) is -0.799. The summed E-state index contributed by atoms with van der Waals surface area (Å²) < 4.78 is 5.77. The number of hydrogen-bond acceptors (Lipinski definition) is 3. The monoisotopic (exact) mass is 353 g/mol. The van der Waals surface area contributed by atoms with E-state index in [-0.39, 0.29) is 35.9 Å². The van der Waals surface area contributed by atoms with Gasteiger partial charge in [-0.3, -0.25) is 9.59 Å². The predicted molar refractivity (Wildman–Crippen MR) is 94.3 cm³/mol. The van der Waals surface area contributed by atoms with Crippen LogP contribution in [0.15, 0.2) is 48.5 Å². The van der Waals surface area contributed by atoms with Gasteiger partial charge in [-0.1, -0.05) is 35.9 Å². The van der Waals surface area contributed by atoms with E-state index < -0.39 is 0 Å².